The summed E-state index contributed by atoms with van der Waals surface area (Å²) in [5.41, 5.74) is 0. The van der Waals surface area contributed by atoms with Crippen LogP contribution in [0.3, 0.4) is 0 Å². The number of amides is 2. The molecule has 1 saturated heterocycles. The molecular formula is C13H21F2N3O2. The molecule has 1 aliphatic carbocycles. The highest BCUT2D eigenvalue weighted by atomic mass is 19.3. The maximum Gasteiger partial charge on any atom is 0.248 e. The average Bonchev–Trinajstić information content (AvgIpc) is 2.79. The lowest BCUT2D eigenvalue weighted by molar-refractivity contribution is -0.138. The van der Waals surface area contributed by atoms with E-state index in [0.717, 1.165) is 0 Å². The van der Waals surface area contributed by atoms with E-state index in [-0.39, 0.29) is 31.1 Å². The maximum absolute atomic E-state index is 13.1. The Balaban J connectivity index is 1.79. The average molecular weight is 289 g/mol. The monoisotopic (exact) mass is 289 g/mol. The second kappa shape index (κ2) is 6.03. The summed E-state index contributed by atoms with van der Waals surface area (Å²) in [6.07, 6.45) is -0.214. The summed E-state index contributed by atoms with van der Waals surface area (Å²) >= 11 is 0. The molecule has 7 heteroatoms. The number of alkyl halides is 2. The van der Waals surface area contributed by atoms with E-state index in [1.807, 2.05) is 4.90 Å². The van der Waals surface area contributed by atoms with Crippen LogP contribution >= 0.6 is 0 Å². The molecule has 0 unspecified atom stereocenters. The molecule has 2 amide bonds. The number of hydrogen-bond acceptors (Lipinski definition) is 3. The fourth-order valence-corrected chi connectivity index (χ4v) is 2.83. The highest BCUT2D eigenvalue weighted by Crippen LogP contribution is 2.39. The van der Waals surface area contributed by atoms with Crippen LogP contribution in [0.15, 0.2) is 0 Å². The van der Waals surface area contributed by atoms with E-state index in [2.05, 4.69) is 5.32 Å². The summed E-state index contributed by atoms with van der Waals surface area (Å²) in [6.45, 7) is 2.57. The van der Waals surface area contributed by atoms with Crippen molar-refractivity contribution in [3.05, 3.63) is 0 Å². The Bertz CT molecular complexity index is 382. The first-order valence-electron chi connectivity index (χ1n) is 7.01. The number of nitrogens with one attached hydrogen (secondary N) is 1. The van der Waals surface area contributed by atoms with Crippen molar-refractivity contribution < 1.29 is 18.4 Å². The fourth-order valence-electron chi connectivity index (χ4n) is 2.83. The SMILES string of the molecule is CNC(=O)CN1CCN(C(=O)[C@@H]2CCC(F)(F)C2)CC1. The van der Waals surface area contributed by atoms with Crippen LogP contribution in [-0.2, 0) is 9.59 Å². The highest BCUT2D eigenvalue weighted by molar-refractivity contribution is 5.79. The van der Waals surface area contributed by atoms with Gasteiger partial charge in [0, 0.05) is 52.0 Å². The standard InChI is InChI=1S/C13H21F2N3O2/c1-16-11(19)9-17-4-6-18(7-5-17)12(20)10-2-3-13(14,15)8-10/h10H,2-9H2,1H3,(H,16,19)/t10-/m1/s1. The minimum absolute atomic E-state index is 0.0554. The number of carbonyl (C=O) groups excluding carboxylic acids is 2. The molecule has 0 spiro atoms. The lowest BCUT2D eigenvalue weighted by Crippen LogP contribution is -2.52. The topological polar surface area (TPSA) is 52.7 Å². The first-order valence-corrected chi connectivity index (χ1v) is 7.01. The van der Waals surface area contributed by atoms with Crippen LogP contribution in [0.25, 0.3) is 0 Å². The summed E-state index contributed by atoms with van der Waals surface area (Å²) in [6, 6.07) is 0. The number of hydrogen-bond donors (Lipinski definition) is 1. The molecule has 0 bridgehead atoms. The van der Waals surface area contributed by atoms with Gasteiger partial charge in [0.1, 0.15) is 0 Å². The van der Waals surface area contributed by atoms with Crippen LogP contribution < -0.4 is 5.32 Å². The van der Waals surface area contributed by atoms with E-state index in [9.17, 15) is 18.4 Å². The van der Waals surface area contributed by atoms with Gasteiger partial charge >= 0.3 is 0 Å². The minimum atomic E-state index is -2.68. The van der Waals surface area contributed by atoms with Crippen molar-refractivity contribution in [2.24, 2.45) is 5.92 Å². The van der Waals surface area contributed by atoms with Gasteiger partial charge < -0.3 is 10.2 Å². The van der Waals surface area contributed by atoms with Crippen molar-refractivity contribution in [1.82, 2.24) is 15.1 Å². The largest absolute Gasteiger partial charge is 0.358 e. The molecule has 1 aliphatic heterocycles. The molecule has 1 saturated carbocycles. The second-order valence-corrected chi connectivity index (χ2v) is 5.57. The Morgan fingerprint density at radius 2 is 1.90 bits per heavy atom. The van der Waals surface area contributed by atoms with Crippen molar-refractivity contribution in [2.75, 3.05) is 39.8 Å². The number of rotatable bonds is 3. The minimum Gasteiger partial charge on any atom is -0.358 e. The molecule has 2 aliphatic rings. The van der Waals surface area contributed by atoms with Gasteiger partial charge in [-0.1, -0.05) is 0 Å². The van der Waals surface area contributed by atoms with E-state index < -0.39 is 11.8 Å². The summed E-state index contributed by atoms with van der Waals surface area (Å²) in [5.74, 6) is -3.42. The van der Waals surface area contributed by atoms with Crippen molar-refractivity contribution >= 4 is 11.8 Å². The molecule has 1 atom stereocenters. The second-order valence-electron chi connectivity index (χ2n) is 5.57. The Kier molecular flexibility index (Phi) is 4.57. The van der Waals surface area contributed by atoms with Gasteiger partial charge in [-0.15, -0.1) is 0 Å². The molecule has 0 radical (unpaired) electrons. The van der Waals surface area contributed by atoms with Crippen molar-refractivity contribution in [2.45, 2.75) is 25.2 Å². The lowest BCUT2D eigenvalue weighted by Gasteiger charge is -2.35. The zero-order valence-electron chi connectivity index (χ0n) is 11.7. The molecule has 20 heavy (non-hydrogen) atoms. The van der Waals surface area contributed by atoms with E-state index in [1.54, 1.807) is 11.9 Å². The highest BCUT2D eigenvalue weighted by Gasteiger charge is 2.43. The number of nitrogens with zero attached hydrogens (tertiary/aromatic N) is 2. The van der Waals surface area contributed by atoms with Gasteiger partial charge in [-0.2, -0.15) is 0 Å². The van der Waals surface area contributed by atoms with E-state index in [0.29, 0.717) is 32.7 Å². The third-order valence-electron chi connectivity index (χ3n) is 4.08. The lowest BCUT2D eigenvalue weighted by atomic mass is 10.1. The molecule has 1 N–H and O–H groups in total. The van der Waals surface area contributed by atoms with Gasteiger partial charge in [0.2, 0.25) is 17.7 Å². The van der Waals surface area contributed by atoms with Crippen molar-refractivity contribution in [3.8, 4) is 0 Å². The first kappa shape index (κ1) is 15.2. The van der Waals surface area contributed by atoms with Crippen LogP contribution in [0.2, 0.25) is 0 Å². The summed E-state index contributed by atoms with van der Waals surface area (Å²) < 4.78 is 26.3. The van der Waals surface area contributed by atoms with Crippen molar-refractivity contribution in [3.63, 3.8) is 0 Å². The third-order valence-corrected chi connectivity index (χ3v) is 4.08. The predicted molar refractivity (Wildman–Crippen MR) is 69.4 cm³/mol. The van der Waals surface area contributed by atoms with Gasteiger partial charge in [-0.05, 0) is 6.42 Å². The van der Waals surface area contributed by atoms with Crippen LogP contribution in [0.4, 0.5) is 8.78 Å². The number of carbonyl (C=O) groups is 2. The molecule has 0 aromatic carbocycles. The maximum atomic E-state index is 13.1. The smallest absolute Gasteiger partial charge is 0.248 e. The number of piperazine rings is 1. The van der Waals surface area contributed by atoms with Crippen molar-refractivity contribution in [1.29, 1.82) is 0 Å². The Hall–Kier alpha value is -1.24. The predicted octanol–water partition coefficient (Wildman–Crippen LogP) is 0.312. The Morgan fingerprint density at radius 1 is 1.25 bits per heavy atom. The zero-order chi connectivity index (χ0) is 14.8. The number of halogens is 2. The van der Waals surface area contributed by atoms with Gasteiger partial charge in [-0.25, -0.2) is 8.78 Å². The van der Waals surface area contributed by atoms with Crippen LogP contribution in [-0.4, -0.2) is 67.3 Å². The third kappa shape index (κ3) is 3.65. The summed E-state index contributed by atoms with van der Waals surface area (Å²) in [7, 11) is 1.59. The molecule has 2 rings (SSSR count). The van der Waals surface area contributed by atoms with Crippen LogP contribution in [0.5, 0.6) is 0 Å². The van der Waals surface area contributed by atoms with Gasteiger partial charge in [0.15, 0.2) is 0 Å². The van der Waals surface area contributed by atoms with Crippen LogP contribution in [0.1, 0.15) is 19.3 Å². The molecular weight excluding hydrogens is 268 g/mol. The van der Waals surface area contributed by atoms with E-state index in [1.165, 1.54) is 0 Å². The first-order chi connectivity index (χ1) is 9.41. The van der Waals surface area contributed by atoms with Gasteiger partial charge in [0.05, 0.1) is 6.54 Å². The molecule has 0 aromatic rings. The van der Waals surface area contributed by atoms with Gasteiger partial charge in [0.25, 0.3) is 0 Å². The molecule has 1 heterocycles. The van der Waals surface area contributed by atoms with E-state index in [4.69, 9.17) is 0 Å². The molecule has 114 valence electrons. The zero-order valence-corrected chi connectivity index (χ0v) is 11.7. The molecule has 2 fully saturated rings. The van der Waals surface area contributed by atoms with E-state index >= 15 is 0 Å². The Labute approximate surface area is 117 Å². The fraction of sp³-hybridized carbons (Fsp3) is 0.846. The Morgan fingerprint density at radius 3 is 2.40 bits per heavy atom. The summed E-state index contributed by atoms with van der Waals surface area (Å²) in [5, 5.41) is 2.56. The quantitative estimate of drug-likeness (QED) is 0.814. The molecule has 0 aromatic heterocycles. The molecule has 5 nitrogen and oxygen atoms in total. The number of likely N-dealkylation sites (N-methyl/N-ethyl adjacent to an activating group) is 1. The summed E-state index contributed by atoms with van der Waals surface area (Å²) in [4.78, 5) is 27.1. The normalized spacial score (nSPS) is 26.6. The van der Waals surface area contributed by atoms with Gasteiger partial charge in [-0.3, -0.25) is 14.5 Å². The van der Waals surface area contributed by atoms with Crippen LogP contribution in [0, 0.1) is 5.92 Å².